The van der Waals surface area contributed by atoms with Gasteiger partial charge in [-0.2, -0.15) is 13.9 Å². The van der Waals surface area contributed by atoms with E-state index in [1.165, 1.54) is 26.3 Å². The van der Waals surface area contributed by atoms with Crippen LogP contribution in [0, 0.1) is 0 Å². The highest BCUT2D eigenvalue weighted by Gasteiger charge is 2.24. The fourth-order valence-electron chi connectivity index (χ4n) is 1.86. The van der Waals surface area contributed by atoms with E-state index in [-0.39, 0.29) is 37.8 Å². The van der Waals surface area contributed by atoms with Gasteiger partial charge in [0.15, 0.2) is 0 Å². The van der Waals surface area contributed by atoms with Gasteiger partial charge in [-0.15, -0.1) is 0 Å². The maximum Gasteiger partial charge on any atom is 0.388 e. The van der Waals surface area contributed by atoms with E-state index in [1.54, 1.807) is 0 Å². The second-order valence-electron chi connectivity index (χ2n) is 4.27. The van der Waals surface area contributed by atoms with Gasteiger partial charge in [0.25, 0.3) is 0 Å². The van der Waals surface area contributed by atoms with E-state index in [0.717, 1.165) is 4.68 Å². The summed E-state index contributed by atoms with van der Waals surface area (Å²) in [7, 11) is 2.56. The van der Waals surface area contributed by atoms with Crippen molar-refractivity contribution in [2.45, 2.75) is 6.61 Å². The Morgan fingerprint density at radius 2 is 1.91 bits per heavy atom. The molecule has 0 aliphatic carbocycles. The average molecular weight is 386 g/mol. The third-order valence-corrected chi connectivity index (χ3v) is 3.82. The second kappa shape index (κ2) is 6.90. The molecule has 10 heteroatoms. The molecule has 0 N–H and O–H groups in total. The number of alkyl halides is 2. The highest BCUT2D eigenvalue weighted by atomic mass is 35.5. The fourth-order valence-corrected chi connectivity index (χ4v) is 2.72. The van der Waals surface area contributed by atoms with Crippen molar-refractivity contribution >= 4 is 40.8 Å². The molecule has 5 nitrogen and oxygen atoms in total. The minimum Gasteiger partial charge on any atom is -0.465 e. The van der Waals surface area contributed by atoms with Crippen molar-refractivity contribution in [3.05, 3.63) is 32.8 Å². The largest absolute Gasteiger partial charge is 0.465 e. The molecule has 0 unspecified atom stereocenters. The highest BCUT2D eigenvalue weighted by Crippen LogP contribution is 2.40. The van der Waals surface area contributed by atoms with Crippen molar-refractivity contribution in [1.29, 1.82) is 0 Å². The maximum atomic E-state index is 12.4. The lowest BCUT2D eigenvalue weighted by atomic mass is 10.1. The quantitative estimate of drug-likeness (QED) is 0.730. The van der Waals surface area contributed by atoms with Gasteiger partial charge in [0.05, 0.1) is 22.7 Å². The molecule has 0 fully saturated rings. The van der Waals surface area contributed by atoms with Crippen molar-refractivity contribution in [2.24, 2.45) is 7.05 Å². The number of benzene rings is 1. The first kappa shape index (κ1) is 17.8. The number of carbonyl (C=O) groups is 1. The van der Waals surface area contributed by atoms with Crippen LogP contribution in [0.2, 0.25) is 15.1 Å². The van der Waals surface area contributed by atoms with Gasteiger partial charge in [-0.25, -0.2) is 9.48 Å². The summed E-state index contributed by atoms with van der Waals surface area (Å²) in [5.74, 6) is -1.02. The molecule has 2 rings (SSSR count). The summed E-state index contributed by atoms with van der Waals surface area (Å²) < 4.78 is 34.8. The molecule has 0 amide bonds. The van der Waals surface area contributed by atoms with E-state index in [0.29, 0.717) is 0 Å². The Bertz CT molecular complexity index is 765. The van der Waals surface area contributed by atoms with Gasteiger partial charge in [0, 0.05) is 12.6 Å². The molecule has 1 aromatic carbocycles. The molecule has 124 valence electrons. The first-order valence-corrected chi connectivity index (χ1v) is 7.14. The van der Waals surface area contributed by atoms with Crippen LogP contribution in [0.1, 0.15) is 10.4 Å². The van der Waals surface area contributed by atoms with Crippen molar-refractivity contribution in [1.82, 2.24) is 9.78 Å². The standard InChI is InChI=1S/C13H9Cl3F2N2O3/c1-20-11(23-13(17)18)9(16)10(19-20)5-3-6(12(21)22-2)8(15)4-7(5)14/h3-4,13H,1-2H3. The molecule has 0 bridgehead atoms. The van der Waals surface area contributed by atoms with Gasteiger partial charge in [-0.05, 0) is 12.1 Å². The van der Waals surface area contributed by atoms with E-state index in [4.69, 9.17) is 34.8 Å². The van der Waals surface area contributed by atoms with Gasteiger partial charge in [0.1, 0.15) is 10.7 Å². The Morgan fingerprint density at radius 3 is 2.48 bits per heavy atom. The molecular formula is C13H9Cl3F2N2O3. The average Bonchev–Trinajstić information content (AvgIpc) is 2.74. The van der Waals surface area contributed by atoms with E-state index in [2.05, 4.69) is 14.6 Å². The van der Waals surface area contributed by atoms with E-state index in [9.17, 15) is 13.6 Å². The van der Waals surface area contributed by atoms with Gasteiger partial charge in [0.2, 0.25) is 5.88 Å². The first-order chi connectivity index (χ1) is 10.8. The highest BCUT2D eigenvalue weighted by molar-refractivity contribution is 6.39. The summed E-state index contributed by atoms with van der Waals surface area (Å²) in [6, 6.07) is 2.63. The Balaban J connectivity index is 2.61. The maximum absolute atomic E-state index is 12.4. The van der Waals surface area contributed by atoms with E-state index < -0.39 is 12.6 Å². The number of aryl methyl sites for hydroxylation is 1. The number of ether oxygens (including phenoxy) is 2. The summed E-state index contributed by atoms with van der Waals surface area (Å²) in [5.41, 5.74) is 0.324. The number of hydrogen-bond donors (Lipinski definition) is 0. The van der Waals surface area contributed by atoms with Crippen LogP contribution < -0.4 is 4.74 Å². The minimum absolute atomic E-state index is 0.0339. The lowest BCUT2D eigenvalue weighted by molar-refractivity contribution is -0.0552. The summed E-state index contributed by atoms with van der Waals surface area (Å²) in [4.78, 5) is 11.7. The lowest BCUT2D eigenvalue weighted by Gasteiger charge is -2.07. The Labute approximate surface area is 144 Å². The zero-order valence-electron chi connectivity index (χ0n) is 11.7. The topological polar surface area (TPSA) is 53.3 Å². The van der Waals surface area contributed by atoms with E-state index in [1.807, 2.05) is 0 Å². The van der Waals surface area contributed by atoms with Crippen LogP contribution in [0.25, 0.3) is 11.3 Å². The van der Waals surface area contributed by atoms with Crippen LogP contribution in [0.3, 0.4) is 0 Å². The molecule has 2 aromatic rings. The number of aromatic nitrogens is 2. The fraction of sp³-hybridized carbons (Fsp3) is 0.231. The zero-order chi connectivity index (χ0) is 17.3. The monoisotopic (exact) mass is 384 g/mol. The predicted octanol–water partition coefficient (Wildman–Crippen LogP) is 4.44. The molecule has 1 heterocycles. The molecular weight excluding hydrogens is 377 g/mol. The summed E-state index contributed by atoms with van der Waals surface area (Å²) in [6.45, 7) is -3.07. The van der Waals surface area contributed by atoms with Crippen LogP contribution in [-0.4, -0.2) is 29.5 Å². The molecule has 0 saturated carbocycles. The number of hydrogen-bond acceptors (Lipinski definition) is 4. The number of esters is 1. The minimum atomic E-state index is -3.07. The molecule has 0 saturated heterocycles. The predicted molar refractivity (Wildman–Crippen MR) is 81.6 cm³/mol. The number of halogens is 5. The Morgan fingerprint density at radius 1 is 1.26 bits per heavy atom. The molecule has 1 aromatic heterocycles. The first-order valence-electron chi connectivity index (χ1n) is 6.01. The van der Waals surface area contributed by atoms with Gasteiger partial charge in [-0.1, -0.05) is 34.8 Å². The third-order valence-electron chi connectivity index (χ3n) is 2.86. The van der Waals surface area contributed by atoms with Crippen molar-refractivity contribution < 1.29 is 23.0 Å². The van der Waals surface area contributed by atoms with Gasteiger partial charge in [-0.3, -0.25) is 0 Å². The van der Waals surface area contributed by atoms with Crippen molar-refractivity contribution in [3.8, 4) is 17.1 Å². The normalized spacial score (nSPS) is 11.0. The SMILES string of the molecule is COC(=O)c1cc(-c2nn(C)c(OC(F)F)c2Cl)c(Cl)cc1Cl. The van der Waals surface area contributed by atoms with Crippen LogP contribution in [0.15, 0.2) is 12.1 Å². The van der Waals surface area contributed by atoms with Crippen molar-refractivity contribution in [3.63, 3.8) is 0 Å². The van der Waals surface area contributed by atoms with Gasteiger partial charge >= 0.3 is 12.6 Å². The molecule has 0 radical (unpaired) electrons. The molecule has 0 atom stereocenters. The van der Waals surface area contributed by atoms with Crippen LogP contribution >= 0.6 is 34.8 Å². The van der Waals surface area contributed by atoms with Crippen LogP contribution in [-0.2, 0) is 11.8 Å². The number of nitrogens with zero attached hydrogens (tertiary/aromatic N) is 2. The zero-order valence-corrected chi connectivity index (χ0v) is 14.0. The lowest BCUT2D eigenvalue weighted by Crippen LogP contribution is -2.06. The molecule has 0 aliphatic rings. The third kappa shape index (κ3) is 3.52. The Kier molecular flexibility index (Phi) is 5.33. The molecule has 23 heavy (non-hydrogen) atoms. The number of rotatable bonds is 4. The molecule has 0 spiro atoms. The molecule has 0 aliphatic heterocycles. The summed E-state index contributed by atoms with van der Waals surface area (Å²) in [5, 5.41) is 4.03. The van der Waals surface area contributed by atoms with Gasteiger partial charge < -0.3 is 9.47 Å². The number of carbonyl (C=O) groups excluding carboxylic acids is 1. The smallest absolute Gasteiger partial charge is 0.388 e. The second-order valence-corrected chi connectivity index (χ2v) is 5.47. The van der Waals surface area contributed by atoms with Crippen LogP contribution in [0.5, 0.6) is 5.88 Å². The van der Waals surface area contributed by atoms with E-state index >= 15 is 0 Å². The Hall–Kier alpha value is -1.57. The van der Waals surface area contributed by atoms with Crippen molar-refractivity contribution in [2.75, 3.05) is 7.11 Å². The summed E-state index contributed by atoms with van der Waals surface area (Å²) >= 11 is 18.1. The number of methoxy groups -OCH3 is 1. The summed E-state index contributed by atoms with van der Waals surface area (Å²) in [6.07, 6.45) is 0. The van der Waals surface area contributed by atoms with Crippen LogP contribution in [0.4, 0.5) is 8.78 Å².